The minimum Gasteiger partial charge on any atom is -0.492 e. The van der Waals surface area contributed by atoms with Crippen LogP contribution < -0.4 is 4.74 Å². The van der Waals surface area contributed by atoms with Crippen LogP contribution in [0.3, 0.4) is 0 Å². The fourth-order valence-corrected chi connectivity index (χ4v) is 2.64. The van der Waals surface area contributed by atoms with E-state index in [9.17, 15) is 14.0 Å². The number of methoxy groups -OCH3 is 1. The summed E-state index contributed by atoms with van der Waals surface area (Å²) in [6.07, 6.45) is 1.54. The quantitative estimate of drug-likeness (QED) is 0.601. The van der Waals surface area contributed by atoms with Crippen molar-refractivity contribution in [3.63, 3.8) is 0 Å². The highest BCUT2D eigenvalue weighted by Gasteiger charge is 2.32. The van der Waals surface area contributed by atoms with E-state index in [4.69, 9.17) is 4.74 Å². The molecule has 0 aromatic carbocycles. The third kappa shape index (κ3) is 2.39. The number of ketones is 2. The summed E-state index contributed by atoms with van der Waals surface area (Å²) in [5.41, 5.74) is 0. The number of hydrogen-bond donors (Lipinski definition) is 0. The van der Waals surface area contributed by atoms with Gasteiger partial charge in [-0.3, -0.25) is 9.59 Å². The molecule has 3 nitrogen and oxygen atoms in total. The first kappa shape index (κ1) is 12.2. The molecule has 1 aromatic rings. The average molecular weight is 256 g/mol. The topological polar surface area (TPSA) is 43.4 Å². The molecule has 0 bridgehead atoms. The summed E-state index contributed by atoms with van der Waals surface area (Å²) < 4.78 is 18.6. The molecule has 1 heterocycles. The van der Waals surface area contributed by atoms with Crippen LogP contribution in [0.4, 0.5) is 4.39 Å². The molecule has 5 heteroatoms. The summed E-state index contributed by atoms with van der Waals surface area (Å²) in [6.45, 7) is 1.69. The van der Waals surface area contributed by atoms with E-state index >= 15 is 0 Å². The van der Waals surface area contributed by atoms with E-state index in [1.165, 1.54) is 7.11 Å². The van der Waals surface area contributed by atoms with Gasteiger partial charge in [0.2, 0.25) is 0 Å². The maximum atomic E-state index is 13.8. The second-order valence-electron chi connectivity index (χ2n) is 4.18. The molecule has 2 rings (SSSR count). The molecule has 1 aliphatic carbocycles. The number of ether oxygens (including phenoxy) is 1. The Kier molecular flexibility index (Phi) is 3.28. The maximum absolute atomic E-state index is 13.8. The second kappa shape index (κ2) is 4.56. The predicted molar refractivity (Wildman–Crippen MR) is 62.2 cm³/mol. The number of thiophene rings is 1. The molecule has 0 unspecified atom stereocenters. The highest BCUT2D eigenvalue weighted by molar-refractivity contribution is 7.14. The first-order valence-corrected chi connectivity index (χ1v) is 6.25. The van der Waals surface area contributed by atoms with Gasteiger partial charge in [-0.25, -0.2) is 4.39 Å². The maximum Gasteiger partial charge on any atom is 0.186 e. The van der Waals surface area contributed by atoms with Crippen molar-refractivity contribution in [2.75, 3.05) is 7.11 Å². The zero-order valence-corrected chi connectivity index (χ0v) is 10.5. The summed E-state index contributed by atoms with van der Waals surface area (Å²) in [5, 5.41) is 0. The molecular weight excluding hydrogens is 243 g/mol. The molecule has 92 valence electrons. The lowest BCUT2D eigenvalue weighted by Crippen LogP contribution is -2.09. The van der Waals surface area contributed by atoms with E-state index in [1.807, 2.05) is 0 Å². The van der Waals surface area contributed by atoms with Crippen LogP contribution in [0.1, 0.15) is 33.8 Å². The smallest absolute Gasteiger partial charge is 0.186 e. The lowest BCUT2D eigenvalue weighted by atomic mass is 10.1. The summed E-state index contributed by atoms with van der Waals surface area (Å²) in [6, 6.07) is 0. The van der Waals surface area contributed by atoms with Gasteiger partial charge in [0.25, 0.3) is 0 Å². The fourth-order valence-electron chi connectivity index (χ4n) is 1.70. The molecule has 0 aliphatic heterocycles. The molecule has 0 spiro atoms. The van der Waals surface area contributed by atoms with Crippen molar-refractivity contribution in [3.8, 4) is 5.75 Å². The minimum atomic E-state index is -0.636. The molecule has 0 saturated heterocycles. The molecule has 1 aromatic heterocycles. The van der Waals surface area contributed by atoms with Crippen LogP contribution >= 0.6 is 11.3 Å². The van der Waals surface area contributed by atoms with Crippen LogP contribution in [-0.2, 0) is 4.79 Å². The standard InChI is InChI=1S/C12H13FO3S/c1-6-11(16-2)10(13)12(17-6)9(15)5-8(14)7-3-4-7/h7H,3-5H2,1-2H3. The minimum absolute atomic E-state index is 0.00773. The zero-order chi connectivity index (χ0) is 12.6. The average Bonchev–Trinajstić information content (AvgIpc) is 3.06. The van der Waals surface area contributed by atoms with Gasteiger partial charge in [-0.2, -0.15) is 0 Å². The van der Waals surface area contributed by atoms with Gasteiger partial charge in [0, 0.05) is 10.8 Å². The van der Waals surface area contributed by atoms with Crippen molar-refractivity contribution >= 4 is 22.9 Å². The molecule has 0 N–H and O–H groups in total. The molecule has 17 heavy (non-hydrogen) atoms. The number of halogens is 1. The number of carbonyl (C=O) groups excluding carboxylic acids is 2. The zero-order valence-electron chi connectivity index (χ0n) is 9.71. The Labute approximate surface area is 103 Å². The predicted octanol–water partition coefficient (Wildman–Crippen LogP) is 2.76. The van der Waals surface area contributed by atoms with Crippen molar-refractivity contribution < 1.29 is 18.7 Å². The SMILES string of the molecule is COc1c(C)sc(C(=O)CC(=O)C2CC2)c1F. The molecule has 1 aliphatic rings. The van der Waals surface area contributed by atoms with Crippen LogP contribution in [-0.4, -0.2) is 18.7 Å². The van der Waals surface area contributed by atoms with E-state index in [2.05, 4.69) is 0 Å². The van der Waals surface area contributed by atoms with E-state index in [-0.39, 0.29) is 28.7 Å². The van der Waals surface area contributed by atoms with Gasteiger partial charge < -0.3 is 4.74 Å². The Hall–Kier alpha value is -1.23. The summed E-state index contributed by atoms with van der Waals surface area (Å²) >= 11 is 1.05. The molecule has 0 radical (unpaired) electrons. The Morgan fingerprint density at radius 2 is 2.12 bits per heavy atom. The second-order valence-corrected chi connectivity index (χ2v) is 5.40. The normalized spacial score (nSPS) is 14.8. The summed E-state index contributed by atoms with van der Waals surface area (Å²) in [5.74, 6) is -0.999. The molecule has 1 saturated carbocycles. The van der Waals surface area contributed by atoms with E-state index in [0.29, 0.717) is 4.88 Å². The third-order valence-electron chi connectivity index (χ3n) is 2.80. The molecular formula is C12H13FO3S. The molecule has 0 atom stereocenters. The van der Waals surface area contributed by atoms with Crippen molar-refractivity contribution in [1.82, 2.24) is 0 Å². The first-order valence-electron chi connectivity index (χ1n) is 5.43. The Bertz CT molecular complexity index is 474. The third-order valence-corrected chi connectivity index (χ3v) is 3.90. The monoisotopic (exact) mass is 256 g/mol. The van der Waals surface area contributed by atoms with Crippen LogP contribution in [0.2, 0.25) is 0 Å². The van der Waals surface area contributed by atoms with Crippen molar-refractivity contribution in [1.29, 1.82) is 0 Å². The summed E-state index contributed by atoms with van der Waals surface area (Å²) in [7, 11) is 1.36. The number of carbonyl (C=O) groups is 2. The largest absolute Gasteiger partial charge is 0.492 e. The van der Waals surface area contributed by atoms with Gasteiger partial charge in [0.05, 0.1) is 13.5 Å². The van der Waals surface area contributed by atoms with Crippen LogP contribution in [0.15, 0.2) is 0 Å². The van der Waals surface area contributed by atoms with E-state index in [1.54, 1.807) is 6.92 Å². The number of Topliss-reactive ketones (excluding diaryl/α,β-unsaturated/α-hetero) is 2. The van der Waals surface area contributed by atoms with Crippen LogP contribution in [0.5, 0.6) is 5.75 Å². The van der Waals surface area contributed by atoms with E-state index < -0.39 is 11.6 Å². The van der Waals surface area contributed by atoms with Crippen LogP contribution in [0.25, 0.3) is 0 Å². The first-order chi connectivity index (χ1) is 8.04. The van der Waals surface area contributed by atoms with Gasteiger partial charge in [-0.15, -0.1) is 11.3 Å². The van der Waals surface area contributed by atoms with Crippen molar-refractivity contribution in [2.24, 2.45) is 5.92 Å². The van der Waals surface area contributed by atoms with Crippen molar-refractivity contribution in [3.05, 3.63) is 15.6 Å². The van der Waals surface area contributed by atoms with Gasteiger partial charge in [-0.1, -0.05) is 0 Å². The lowest BCUT2D eigenvalue weighted by molar-refractivity contribution is -0.119. The van der Waals surface area contributed by atoms with E-state index in [0.717, 1.165) is 24.2 Å². The molecule has 0 amide bonds. The fraction of sp³-hybridized carbons (Fsp3) is 0.500. The number of aryl methyl sites for hydroxylation is 1. The molecule has 1 fully saturated rings. The lowest BCUT2D eigenvalue weighted by Gasteiger charge is -1.98. The highest BCUT2D eigenvalue weighted by Crippen LogP contribution is 2.35. The van der Waals surface area contributed by atoms with Gasteiger partial charge in [0.15, 0.2) is 17.3 Å². The van der Waals surface area contributed by atoms with Crippen molar-refractivity contribution in [2.45, 2.75) is 26.2 Å². The van der Waals surface area contributed by atoms with Gasteiger partial charge in [-0.05, 0) is 19.8 Å². The Morgan fingerprint density at radius 1 is 1.47 bits per heavy atom. The Morgan fingerprint density at radius 3 is 2.59 bits per heavy atom. The van der Waals surface area contributed by atoms with Crippen LogP contribution in [0, 0.1) is 18.7 Å². The number of rotatable bonds is 5. The van der Waals surface area contributed by atoms with Gasteiger partial charge >= 0.3 is 0 Å². The summed E-state index contributed by atoms with van der Waals surface area (Å²) in [4.78, 5) is 23.9. The van der Waals surface area contributed by atoms with Gasteiger partial charge in [0.1, 0.15) is 10.7 Å². The number of hydrogen-bond acceptors (Lipinski definition) is 4. The Balaban J connectivity index is 2.15. The highest BCUT2D eigenvalue weighted by atomic mass is 32.1.